The van der Waals surface area contributed by atoms with Crippen LogP contribution >= 0.6 is 15.9 Å². The minimum absolute atomic E-state index is 0.978. The van der Waals surface area contributed by atoms with Crippen LogP contribution < -0.4 is 9.80 Å². The summed E-state index contributed by atoms with van der Waals surface area (Å²) in [7, 11) is 2.13. The molecule has 0 amide bonds. The van der Waals surface area contributed by atoms with Crippen molar-refractivity contribution < 1.29 is 0 Å². The first kappa shape index (κ1) is 11.5. The summed E-state index contributed by atoms with van der Waals surface area (Å²) in [6, 6.07) is 10.6. The van der Waals surface area contributed by atoms with Gasteiger partial charge in [0, 0.05) is 30.8 Å². The number of para-hydroxylation sites is 2. The molecule has 1 aromatic carbocycles. The molecule has 2 heterocycles. The molecule has 0 spiro atoms. The first-order chi connectivity index (χ1) is 8.75. The Kier molecular flexibility index (Phi) is 2.96. The minimum atomic E-state index is 0.978. The summed E-state index contributed by atoms with van der Waals surface area (Å²) in [5.74, 6) is 0. The highest BCUT2D eigenvalue weighted by Crippen LogP contribution is 2.36. The third-order valence-corrected chi connectivity index (χ3v) is 3.68. The van der Waals surface area contributed by atoms with E-state index >= 15 is 0 Å². The van der Waals surface area contributed by atoms with Crippen LogP contribution in [0.5, 0.6) is 0 Å². The molecule has 1 aliphatic rings. The maximum Gasteiger partial charge on any atom is 0.0649 e. The lowest BCUT2D eigenvalue weighted by atomic mass is 10.1. The van der Waals surface area contributed by atoms with Gasteiger partial charge in [-0.15, -0.1) is 0 Å². The number of fused-ring (bicyclic) bond motifs is 1. The van der Waals surface area contributed by atoms with Crippen molar-refractivity contribution in [3.8, 4) is 0 Å². The summed E-state index contributed by atoms with van der Waals surface area (Å²) in [5.41, 5.74) is 3.64. The van der Waals surface area contributed by atoms with E-state index in [1.54, 1.807) is 0 Å². The smallest absolute Gasteiger partial charge is 0.0649 e. The summed E-state index contributed by atoms with van der Waals surface area (Å²) in [6.07, 6.45) is 3.72. The average molecular weight is 304 g/mol. The predicted octanol–water partition coefficient (Wildman–Crippen LogP) is 3.43. The third kappa shape index (κ3) is 1.97. The second-order valence-corrected chi connectivity index (χ2v) is 5.34. The SMILES string of the molecule is CN1CCN(c2cncc(Br)c2)c2ccccc21. The maximum absolute atomic E-state index is 4.25. The molecule has 0 unspecified atom stereocenters. The quantitative estimate of drug-likeness (QED) is 0.804. The van der Waals surface area contributed by atoms with Crippen molar-refractivity contribution in [2.24, 2.45) is 0 Å². The Balaban J connectivity index is 2.07. The van der Waals surface area contributed by atoms with Crippen LogP contribution in [0, 0.1) is 0 Å². The van der Waals surface area contributed by atoms with Gasteiger partial charge in [-0.2, -0.15) is 0 Å². The van der Waals surface area contributed by atoms with E-state index in [1.165, 1.54) is 11.4 Å². The van der Waals surface area contributed by atoms with E-state index in [2.05, 4.69) is 68.1 Å². The Morgan fingerprint density at radius 1 is 1.11 bits per heavy atom. The van der Waals surface area contributed by atoms with Gasteiger partial charge in [0.15, 0.2) is 0 Å². The molecular weight excluding hydrogens is 290 g/mol. The maximum atomic E-state index is 4.25. The summed E-state index contributed by atoms with van der Waals surface area (Å²) in [6.45, 7) is 2.00. The van der Waals surface area contributed by atoms with Crippen LogP contribution in [-0.4, -0.2) is 25.1 Å². The van der Waals surface area contributed by atoms with Crippen LogP contribution in [0.2, 0.25) is 0 Å². The first-order valence-electron chi connectivity index (χ1n) is 5.94. The van der Waals surface area contributed by atoms with Crippen molar-refractivity contribution in [3.05, 3.63) is 47.2 Å². The zero-order valence-electron chi connectivity index (χ0n) is 10.2. The summed E-state index contributed by atoms with van der Waals surface area (Å²) >= 11 is 3.48. The average Bonchev–Trinajstić information content (AvgIpc) is 2.39. The topological polar surface area (TPSA) is 19.4 Å². The second-order valence-electron chi connectivity index (χ2n) is 4.42. The predicted molar refractivity (Wildman–Crippen MR) is 78.7 cm³/mol. The molecule has 3 rings (SSSR count). The number of rotatable bonds is 1. The normalized spacial score (nSPS) is 14.6. The number of pyridine rings is 1. The van der Waals surface area contributed by atoms with Gasteiger partial charge >= 0.3 is 0 Å². The van der Waals surface area contributed by atoms with E-state index in [0.29, 0.717) is 0 Å². The molecule has 0 atom stereocenters. The van der Waals surface area contributed by atoms with Crippen LogP contribution in [-0.2, 0) is 0 Å². The van der Waals surface area contributed by atoms with Gasteiger partial charge < -0.3 is 9.80 Å². The van der Waals surface area contributed by atoms with Crippen molar-refractivity contribution in [3.63, 3.8) is 0 Å². The second kappa shape index (κ2) is 4.61. The highest BCUT2D eigenvalue weighted by Gasteiger charge is 2.21. The van der Waals surface area contributed by atoms with Gasteiger partial charge in [0.1, 0.15) is 0 Å². The molecule has 0 saturated heterocycles. The Morgan fingerprint density at radius 3 is 2.67 bits per heavy atom. The van der Waals surface area contributed by atoms with E-state index < -0.39 is 0 Å². The number of halogens is 1. The number of likely N-dealkylation sites (N-methyl/N-ethyl adjacent to an activating group) is 1. The van der Waals surface area contributed by atoms with E-state index in [9.17, 15) is 0 Å². The van der Waals surface area contributed by atoms with Crippen LogP contribution in [0.4, 0.5) is 17.1 Å². The number of aromatic nitrogens is 1. The van der Waals surface area contributed by atoms with Gasteiger partial charge in [-0.3, -0.25) is 4.98 Å². The zero-order chi connectivity index (χ0) is 12.5. The van der Waals surface area contributed by atoms with Crippen LogP contribution in [0.25, 0.3) is 0 Å². The Labute approximate surface area is 115 Å². The fraction of sp³-hybridized carbons (Fsp3) is 0.214. The van der Waals surface area contributed by atoms with Gasteiger partial charge in [0.25, 0.3) is 0 Å². The zero-order valence-corrected chi connectivity index (χ0v) is 11.8. The molecule has 18 heavy (non-hydrogen) atoms. The fourth-order valence-electron chi connectivity index (χ4n) is 2.32. The molecule has 0 saturated carbocycles. The minimum Gasteiger partial charge on any atom is -0.371 e. The molecule has 0 N–H and O–H groups in total. The molecule has 92 valence electrons. The number of anilines is 3. The molecule has 1 aromatic heterocycles. The van der Waals surface area contributed by atoms with E-state index in [1.807, 2.05) is 12.4 Å². The van der Waals surface area contributed by atoms with Crippen molar-refractivity contribution in [1.29, 1.82) is 0 Å². The molecule has 0 fully saturated rings. The standard InChI is InChI=1S/C14H14BrN3/c1-17-6-7-18(12-8-11(15)9-16-10-12)14-5-3-2-4-13(14)17/h2-5,8-10H,6-7H2,1H3. The molecule has 1 aliphatic heterocycles. The van der Waals surface area contributed by atoms with Crippen molar-refractivity contribution in [2.45, 2.75) is 0 Å². The molecule has 0 bridgehead atoms. The van der Waals surface area contributed by atoms with Gasteiger partial charge in [0.2, 0.25) is 0 Å². The van der Waals surface area contributed by atoms with Gasteiger partial charge in [-0.25, -0.2) is 0 Å². The number of nitrogens with zero attached hydrogens (tertiary/aromatic N) is 3. The van der Waals surface area contributed by atoms with Crippen LogP contribution in [0.1, 0.15) is 0 Å². The lowest BCUT2D eigenvalue weighted by Crippen LogP contribution is -2.36. The van der Waals surface area contributed by atoms with Crippen LogP contribution in [0.15, 0.2) is 47.2 Å². The molecule has 4 heteroatoms. The lowest BCUT2D eigenvalue weighted by molar-refractivity contribution is 0.820. The number of hydrogen-bond acceptors (Lipinski definition) is 3. The first-order valence-corrected chi connectivity index (χ1v) is 6.73. The monoisotopic (exact) mass is 303 g/mol. The largest absolute Gasteiger partial charge is 0.371 e. The van der Waals surface area contributed by atoms with Crippen molar-refractivity contribution in [1.82, 2.24) is 4.98 Å². The Morgan fingerprint density at radius 2 is 1.89 bits per heavy atom. The summed E-state index contributed by atoms with van der Waals surface area (Å²) < 4.78 is 1.01. The van der Waals surface area contributed by atoms with Crippen LogP contribution in [0.3, 0.4) is 0 Å². The highest BCUT2D eigenvalue weighted by atomic mass is 79.9. The third-order valence-electron chi connectivity index (χ3n) is 3.24. The fourth-order valence-corrected chi connectivity index (χ4v) is 2.68. The molecule has 0 radical (unpaired) electrons. The number of benzene rings is 1. The molecule has 3 nitrogen and oxygen atoms in total. The van der Waals surface area contributed by atoms with Gasteiger partial charge in [0.05, 0.1) is 23.3 Å². The molecular formula is C14H14BrN3. The van der Waals surface area contributed by atoms with Gasteiger partial charge in [-0.1, -0.05) is 12.1 Å². The molecule has 2 aromatic rings. The Bertz CT molecular complexity index is 570. The van der Waals surface area contributed by atoms with E-state index in [-0.39, 0.29) is 0 Å². The summed E-state index contributed by atoms with van der Waals surface area (Å²) in [5, 5.41) is 0. The summed E-state index contributed by atoms with van der Waals surface area (Å²) in [4.78, 5) is 8.85. The van der Waals surface area contributed by atoms with E-state index in [0.717, 1.165) is 23.2 Å². The van der Waals surface area contributed by atoms with E-state index in [4.69, 9.17) is 0 Å². The van der Waals surface area contributed by atoms with Gasteiger partial charge in [-0.05, 0) is 34.1 Å². The Hall–Kier alpha value is -1.55. The molecule has 0 aliphatic carbocycles. The lowest BCUT2D eigenvalue weighted by Gasteiger charge is -2.36. The van der Waals surface area contributed by atoms with Crippen molar-refractivity contribution in [2.75, 3.05) is 29.9 Å². The highest BCUT2D eigenvalue weighted by molar-refractivity contribution is 9.10. The number of hydrogen-bond donors (Lipinski definition) is 0. The van der Waals surface area contributed by atoms with Crippen molar-refractivity contribution >= 4 is 33.0 Å².